The first-order valence-electron chi connectivity index (χ1n) is 12.5. The molecule has 4 aromatic rings. The van der Waals surface area contributed by atoms with Crippen LogP contribution in [0.2, 0.25) is 0 Å². The van der Waals surface area contributed by atoms with E-state index in [2.05, 4.69) is 14.4 Å². The number of rotatable bonds is 9. The second kappa shape index (κ2) is 12.6. The molecule has 1 unspecified atom stereocenters. The Morgan fingerprint density at radius 1 is 0.909 bits per heavy atom. The molecule has 0 radical (unpaired) electrons. The molecule has 0 saturated heterocycles. The molecule has 2 amide bonds. The Balaban J connectivity index is 1.97. The maximum Gasteiger partial charge on any atom is 0.316 e. The molecule has 0 spiro atoms. The highest BCUT2D eigenvalue weighted by Crippen LogP contribution is 2.41. The van der Waals surface area contributed by atoms with E-state index in [0.29, 0.717) is 37.2 Å². The molecular formula is C27H29N9O4S4. The van der Waals surface area contributed by atoms with Crippen LogP contribution in [0.4, 0.5) is 21.9 Å². The predicted molar refractivity (Wildman–Crippen MR) is 178 cm³/mol. The highest BCUT2D eigenvalue weighted by atomic mass is 32.3. The number of amides is 2. The average molecular weight is 672 g/mol. The van der Waals surface area contributed by atoms with Crippen molar-refractivity contribution in [2.75, 3.05) is 22.6 Å². The van der Waals surface area contributed by atoms with Gasteiger partial charge in [0.05, 0.1) is 23.8 Å². The summed E-state index contributed by atoms with van der Waals surface area (Å²) in [6, 6.07) is 15.5. The van der Waals surface area contributed by atoms with Crippen LogP contribution in [-0.4, -0.2) is 36.7 Å². The number of carbonyl (C=O) groups is 1. The van der Waals surface area contributed by atoms with E-state index in [1.165, 1.54) is 48.2 Å². The van der Waals surface area contributed by atoms with Crippen LogP contribution in [-0.2, 0) is 19.8 Å². The van der Waals surface area contributed by atoms with Gasteiger partial charge in [0.15, 0.2) is 5.96 Å². The molecule has 44 heavy (non-hydrogen) atoms. The lowest BCUT2D eigenvalue weighted by Gasteiger charge is -2.16. The number of anilines is 3. The van der Waals surface area contributed by atoms with Crippen molar-refractivity contribution in [1.29, 1.82) is 10.8 Å². The Morgan fingerprint density at radius 2 is 1.59 bits per heavy atom. The number of amidine groups is 1. The first kappa shape index (κ1) is 32.3. The minimum absolute atomic E-state index is 0.0820. The summed E-state index contributed by atoms with van der Waals surface area (Å²) in [5.41, 5.74) is 25.7. The van der Waals surface area contributed by atoms with Gasteiger partial charge in [-0.3, -0.25) is 10.8 Å². The average Bonchev–Trinajstić information content (AvgIpc) is 3.38. The number of nitrogens with two attached hydrogens (primary N) is 4. The molecule has 0 aliphatic rings. The van der Waals surface area contributed by atoms with Crippen molar-refractivity contribution >= 4 is 77.7 Å². The molecule has 12 N–H and O–H groups in total. The molecule has 0 saturated carbocycles. The van der Waals surface area contributed by atoms with Crippen LogP contribution in [0.3, 0.4) is 0 Å². The molecule has 1 aromatic heterocycles. The van der Waals surface area contributed by atoms with Gasteiger partial charge in [-0.05, 0) is 78.9 Å². The smallest absolute Gasteiger partial charge is 0.316 e. The first-order chi connectivity index (χ1) is 20.6. The third kappa shape index (κ3) is 6.80. The number of hydrogen-bond acceptors (Lipinski definition) is 9. The highest BCUT2D eigenvalue weighted by molar-refractivity contribution is 8.05. The van der Waals surface area contributed by atoms with Crippen LogP contribution in [0.5, 0.6) is 0 Å². The van der Waals surface area contributed by atoms with Gasteiger partial charge >= 0.3 is 6.03 Å². The Kier molecular flexibility index (Phi) is 9.24. The zero-order valence-corrected chi connectivity index (χ0v) is 26.6. The van der Waals surface area contributed by atoms with Gasteiger partial charge in [0.25, 0.3) is 10.0 Å². The Bertz CT molecular complexity index is 2010. The molecule has 17 heteroatoms. The van der Waals surface area contributed by atoms with E-state index in [0.717, 1.165) is 11.3 Å². The van der Waals surface area contributed by atoms with Gasteiger partial charge in [0.2, 0.25) is 0 Å². The van der Waals surface area contributed by atoms with Crippen LogP contribution in [0.1, 0.15) is 10.4 Å². The standard InChI is InChI=1S/C27H29N9O4S4/c1-14-10-17(34-26(31)32)12-20(28)23(14)15-4-3-5-19(11-15)43(38,22-13-21(24(29)30)42-25(22)41-2)36-44(39,40)18-8-6-16(7-9-18)35-27(33)37/h3-13H,28H2,1-2H3,(H3,29,30)(H4,31,32,34)(H3,33,35,37). The Morgan fingerprint density at radius 3 is 2.16 bits per heavy atom. The van der Waals surface area contributed by atoms with Crippen LogP contribution in [0.15, 0.2) is 89.4 Å². The second-order valence-electron chi connectivity index (χ2n) is 9.29. The number of nitrogens with zero attached hydrogens (tertiary/aromatic N) is 1. The minimum Gasteiger partial charge on any atom is -0.398 e. The van der Waals surface area contributed by atoms with Gasteiger partial charge in [0, 0.05) is 22.6 Å². The number of primary amides is 1. The molecule has 13 nitrogen and oxygen atoms in total. The number of sulfonamides is 1. The molecule has 0 aliphatic carbocycles. The molecule has 0 aliphatic heterocycles. The zero-order chi connectivity index (χ0) is 32.4. The lowest BCUT2D eigenvalue weighted by Crippen LogP contribution is -2.20. The van der Waals surface area contributed by atoms with E-state index in [9.17, 15) is 13.2 Å². The van der Waals surface area contributed by atoms with Crippen LogP contribution < -0.4 is 33.6 Å². The number of carbonyl (C=O) groups excluding carboxylic acids is 1. The summed E-state index contributed by atoms with van der Waals surface area (Å²) in [5.74, 6) is -0.528. The number of urea groups is 1. The fourth-order valence-corrected chi connectivity index (χ4v) is 10.9. The maximum atomic E-state index is 15.1. The van der Waals surface area contributed by atoms with E-state index in [1.54, 1.807) is 43.5 Å². The van der Waals surface area contributed by atoms with E-state index in [-0.39, 0.29) is 32.2 Å². The van der Waals surface area contributed by atoms with Gasteiger partial charge in [-0.1, -0.05) is 15.9 Å². The lowest BCUT2D eigenvalue weighted by molar-refractivity contribution is 0.259. The molecule has 0 bridgehead atoms. The normalized spacial score (nSPS) is 12.6. The number of nitrogens with one attached hydrogen (secondary N) is 4. The van der Waals surface area contributed by atoms with Crippen molar-refractivity contribution in [3.8, 4) is 11.1 Å². The predicted octanol–water partition coefficient (Wildman–Crippen LogP) is 4.38. The highest BCUT2D eigenvalue weighted by Gasteiger charge is 2.28. The van der Waals surface area contributed by atoms with Crippen LogP contribution in [0.25, 0.3) is 11.1 Å². The van der Waals surface area contributed by atoms with Crippen molar-refractivity contribution in [3.05, 3.63) is 77.2 Å². The van der Waals surface area contributed by atoms with Gasteiger partial charge in [0.1, 0.15) is 15.6 Å². The molecule has 230 valence electrons. The van der Waals surface area contributed by atoms with Gasteiger partial charge < -0.3 is 33.6 Å². The molecule has 4 rings (SSSR count). The van der Waals surface area contributed by atoms with Gasteiger partial charge in [-0.15, -0.1) is 23.1 Å². The molecular weight excluding hydrogens is 643 g/mol. The maximum absolute atomic E-state index is 15.1. The van der Waals surface area contributed by atoms with Gasteiger partial charge in [-0.2, -0.15) is 8.42 Å². The fourth-order valence-electron chi connectivity index (χ4n) is 4.33. The molecule has 1 atom stereocenters. The third-order valence-corrected chi connectivity index (χ3v) is 13.0. The summed E-state index contributed by atoms with van der Waals surface area (Å²) in [6.07, 6.45) is 1.73. The summed E-state index contributed by atoms with van der Waals surface area (Å²) >= 11 is 2.33. The molecule has 3 aromatic carbocycles. The van der Waals surface area contributed by atoms with Crippen molar-refractivity contribution in [1.82, 2.24) is 0 Å². The van der Waals surface area contributed by atoms with Crippen molar-refractivity contribution in [2.45, 2.75) is 25.8 Å². The Labute approximate surface area is 262 Å². The van der Waals surface area contributed by atoms with Crippen LogP contribution >= 0.6 is 23.1 Å². The molecule has 0 fully saturated rings. The number of guanidine groups is 1. The fraction of sp³-hybridized carbons (Fsp3) is 0.0741. The minimum atomic E-state index is -4.56. The summed E-state index contributed by atoms with van der Waals surface area (Å²) in [6.45, 7) is 1.80. The second-order valence-corrected chi connectivity index (χ2v) is 15.4. The van der Waals surface area contributed by atoms with E-state index in [4.69, 9.17) is 33.8 Å². The number of nitrogen functional groups attached to an aromatic ring is 2. The summed E-state index contributed by atoms with van der Waals surface area (Å²) in [4.78, 5) is 11.4. The van der Waals surface area contributed by atoms with E-state index < -0.39 is 25.8 Å². The zero-order valence-electron chi connectivity index (χ0n) is 23.4. The summed E-state index contributed by atoms with van der Waals surface area (Å²) in [7, 11) is -8.49. The third-order valence-electron chi connectivity index (χ3n) is 6.12. The first-order valence-corrected chi connectivity index (χ1v) is 17.5. The quantitative estimate of drug-likeness (QED) is 0.0542. The van der Waals surface area contributed by atoms with Gasteiger partial charge in [-0.25, -0.2) is 9.00 Å². The largest absolute Gasteiger partial charge is 0.398 e. The van der Waals surface area contributed by atoms with Crippen LogP contribution in [0, 0.1) is 17.7 Å². The van der Waals surface area contributed by atoms with Crippen molar-refractivity contribution in [3.63, 3.8) is 0 Å². The monoisotopic (exact) mass is 671 g/mol. The SMILES string of the molecule is CSc1sc(C(=N)N)cc1S(=O)(=NS(=O)(=O)c1ccc(NC(N)=O)cc1)c1cccc(-c2c(C)cc(NC(=N)N)cc2N)c1. The van der Waals surface area contributed by atoms with E-state index >= 15 is 4.21 Å². The topological polar surface area (TPSA) is 256 Å². The molecule has 1 heterocycles. The lowest BCUT2D eigenvalue weighted by atomic mass is 9.98. The number of benzene rings is 3. The Hall–Kier alpha value is -4.58. The summed E-state index contributed by atoms with van der Waals surface area (Å²) in [5, 5.41) is 20.5. The number of hydrogen-bond donors (Lipinski definition) is 8. The number of thiophene rings is 1. The van der Waals surface area contributed by atoms with Crippen molar-refractivity contribution in [2.24, 2.45) is 21.0 Å². The number of thioether (sulfide) groups is 1. The number of aryl methyl sites for hydroxylation is 1. The van der Waals surface area contributed by atoms with Crippen molar-refractivity contribution < 1.29 is 17.4 Å². The van der Waals surface area contributed by atoms with E-state index in [1.807, 2.05) is 0 Å². The summed E-state index contributed by atoms with van der Waals surface area (Å²) < 4.78 is 47.0.